The molecular weight excluding hydrogens is 108 g/mol. The summed E-state index contributed by atoms with van der Waals surface area (Å²) in [6.07, 6.45) is 1.89. The van der Waals surface area contributed by atoms with E-state index in [1.165, 1.54) is 5.57 Å². The van der Waals surface area contributed by atoms with E-state index < -0.39 is 0 Å². The Kier molecular flexibility index (Phi) is 1.77. The fourth-order valence-electron chi connectivity index (χ4n) is 0.467. The fourth-order valence-corrected chi connectivity index (χ4v) is 1.14. The molecule has 7 heavy (non-hydrogen) atoms. The van der Waals surface area contributed by atoms with Gasteiger partial charge in [0, 0.05) is 11.5 Å². The second-order valence-electron chi connectivity index (χ2n) is 1.54. The molecular formula is C5H8OS. The maximum atomic E-state index is 8.32. The van der Waals surface area contributed by atoms with Gasteiger partial charge in [-0.3, -0.25) is 0 Å². The third kappa shape index (κ3) is 1.21. The van der Waals surface area contributed by atoms with E-state index in [1.54, 1.807) is 0 Å². The zero-order valence-electron chi connectivity index (χ0n) is 4.05. The molecule has 1 heterocycles. The van der Waals surface area contributed by atoms with Crippen LogP contribution in [-0.4, -0.2) is 23.2 Å². The molecule has 0 aromatic heterocycles. The van der Waals surface area contributed by atoms with E-state index in [9.17, 15) is 0 Å². The van der Waals surface area contributed by atoms with Gasteiger partial charge in [-0.05, 0) is 0 Å². The van der Waals surface area contributed by atoms with Gasteiger partial charge < -0.3 is 5.11 Å². The summed E-state index contributed by atoms with van der Waals surface area (Å²) in [6.45, 7) is 0.218. The van der Waals surface area contributed by atoms with Crippen LogP contribution >= 0.6 is 11.8 Å². The zero-order valence-corrected chi connectivity index (χ0v) is 4.87. The van der Waals surface area contributed by atoms with Gasteiger partial charge in [-0.25, -0.2) is 0 Å². The van der Waals surface area contributed by atoms with Gasteiger partial charge in [-0.1, -0.05) is 11.6 Å². The second kappa shape index (κ2) is 2.38. The maximum Gasteiger partial charge on any atom is 0.0615 e. The second-order valence-corrected chi connectivity index (χ2v) is 2.52. The number of hydrogen-bond acceptors (Lipinski definition) is 2. The summed E-state index contributed by atoms with van der Waals surface area (Å²) >= 11 is 1.91. The van der Waals surface area contributed by atoms with Crippen LogP contribution in [0.25, 0.3) is 0 Å². The molecule has 2 heteroatoms. The molecule has 1 nitrogen and oxygen atoms in total. The molecule has 0 unspecified atom stereocenters. The third-order valence-corrected chi connectivity index (χ3v) is 2.10. The highest BCUT2D eigenvalue weighted by molar-refractivity contribution is 8.01. The van der Waals surface area contributed by atoms with Crippen molar-refractivity contribution < 1.29 is 5.11 Å². The van der Waals surface area contributed by atoms with Crippen molar-refractivity contribution in [2.45, 2.75) is 0 Å². The van der Waals surface area contributed by atoms with Gasteiger partial charge in [0.2, 0.25) is 0 Å². The highest BCUT2D eigenvalue weighted by Crippen LogP contribution is 2.22. The summed E-state index contributed by atoms with van der Waals surface area (Å²) in [5, 5.41) is 8.32. The molecule has 0 saturated carbocycles. The van der Waals surface area contributed by atoms with Crippen LogP contribution < -0.4 is 0 Å². The van der Waals surface area contributed by atoms with E-state index in [1.807, 2.05) is 17.8 Å². The fraction of sp³-hybridized carbons (Fsp3) is 0.600. The van der Waals surface area contributed by atoms with Crippen LogP contribution in [0.3, 0.4) is 0 Å². The lowest BCUT2D eigenvalue weighted by atomic mass is 10.3. The van der Waals surface area contributed by atoms with Crippen molar-refractivity contribution in [3.8, 4) is 0 Å². The first kappa shape index (κ1) is 5.19. The normalized spacial score (nSPS) is 18.7. The maximum absolute atomic E-state index is 8.32. The SMILES string of the molecule is OCC=C1CSC1. The molecule has 0 radical (unpaired) electrons. The molecule has 1 aliphatic rings. The summed E-state index contributed by atoms with van der Waals surface area (Å²) < 4.78 is 0. The van der Waals surface area contributed by atoms with Crippen LogP contribution in [-0.2, 0) is 0 Å². The number of rotatable bonds is 1. The lowest BCUT2D eigenvalue weighted by Crippen LogP contribution is -2.04. The Morgan fingerprint density at radius 2 is 2.43 bits per heavy atom. The zero-order chi connectivity index (χ0) is 5.11. The number of aliphatic hydroxyl groups excluding tert-OH is 1. The topological polar surface area (TPSA) is 20.2 Å². The summed E-state index contributed by atoms with van der Waals surface area (Å²) in [4.78, 5) is 0. The smallest absolute Gasteiger partial charge is 0.0615 e. The first-order chi connectivity index (χ1) is 3.43. The highest BCUT2D eigenvalue weighted by atomic mass is 32.2. The molecule has 1 N–H and O–H groups in total. The molecule has 0 aromatic rings. The summed E-state index contributed by atoms with van der Waals surface area (Å²) in [6, 6.07) is 0. The molecule has 1 aliphatic heterocycles. The largest absolute Gasteiger partial charge is 0.392 e. The lowest BCUT2D eigenvalue weighted by molar-refractivity contribution is 0.342. The lowest BCUT2D eigenvalue weighted by Gasteiger charge is -2.14. The van der Waals surface area contributed by atoms with Gasteiger partial charge in [-0.2, -0.15) is 11.8 Å². The molecule has 1 rings (SSSR count). The quantitative estimate of drug-likeness (QED) is 0.508. The van der Waals surface area contributed by atoms with Crippen LogP contribution in [0.4, 0.5) is 0 Å². The standard InChI is InChI=1S/C5H8OS/c6-2-1-5-3-7-4-5/h1,6H,2-4H2. The summed E-state index contributed by atoms with van der Waals surface area (Å²) in [5.41, 5.74) is 1.40. The summed E-state index contributed by atoms with van der Waals surface area (Å²) in [7, 11) is 0. The molecule has 0 spiro atoms. The molecule has 0 bridgehead atoms. The van der Waals surface area contributed by atoms with Gasteiger partial charge in [0.05, 0.1) is 6.61 Å². The minimum atomic E-state index is 0.218. The Labute approximate surface area is 47.4 Å². The van der Waals surface area contributed by atoms with E-state index in [0.29, 0.717) is 0 Å². The van der Waals surface area contributed by atoms with E-state index in [4.69, 9.17) is 5.11 Å². The Hall–Kier alpha value is 0.0500. The Bertz CT molecular complexity index is 82.1. The molecule has 0 aromatic carbocycles. The molecule has 0 aliphatic carbocycles. The molecule has 1 fully saturated rings. The van der Waals surface area contributed by atoms with Crippen LogP contribution in [0.5, 0.6) is 0 Å². The van der Waals surface area contributed by atoms with Crippen LogP contribution in [0.1, 0.15) is 0 Å². The molecule has 1 saturated heterocycles. The van der Waals surface area contributed by atoms with E-state index in [-0.39, 0.29) is 6.61 Å². The minimum Gasteiger partial charge on any atom is -0.392 e. The van der Waals surface area contributed by atoms with Gasteiger partial charge in [0.15, 0.2) is 0 Å². The van der Waals surface area contributed by atoms with Crippen molar-refractivity contribution in [3.05, 3.63) is 11.6 Å². The first-order valence-electron chi connectivity index (χ1n) is 2.30. The first-order valence-corrected chi connectivity index (χ1v) is 3.45. The molecule has 0 atom stereocenters. The Morgan fingerprint density at radius 3 is 2.57 bits per heavy atom. The van der Waals surface area contributed by atoms with Gasteiger partial charge in [-0.15, -0.1) is 0 Å². The van der Waals surface area contributed by atoms with Crippen molar-refractivity contribution in [1.29, 1.82) is 0 Å². The average molecular weight is 116 g/mol. The molecule has 0 amide bonds. The third-order valence-electron chi connectivity index (χ3n) is 0.955. The Morgan fingerprint density at radius 1 is 1.71 bits per heavy atom. The van der Waals surface area contributed by atoms with Crippen LogP contribution in [0.15, 0.2) is 11.6 Å². The van der Waals surface area contributed by atoms with Gasteiger partial charge in [0.1, 0.15) is 0 Å². The van der Waals surface area contributed by atoms with Crippen LogP contribution in [0.2, 0.25) is 0 Å². The van der Waals surface area contributed by atoms with Crippen LogP contribution in [0, 0.1) is 0 Å². The minimum absolute atomic E-state index is 0.218. The number of hydrogen-bond donors (Lipinski definition) is 1. The Balaban J connectivity index is 2.23. The van der Waals surface area contributed by atoms with E-state index >= 15 is 0 Å². The van der Waals surface area contributed by atoms with Crippen molar-refractivity contribution in [2.75, 3.05) is 18.1 Å². The summed E-state index contributed by atoms with van der Waals surface area (Å²) in [5.74, 6) is 2.28. The predicted molar refractivity (Wildman–Crippen MR) is 32.5 cm³/mol. The predicted octanol–water partition coefficient (Wildman–Crippen LogP) is 0.652. The van der Waals surface area contributed by atoms with Crippen molar-refractivity contribution in [3.63, 3.8) is 0 Å². The average Bonchev–Trinajstić information content (AvgIpc) is 1.55. The monoisotopic (exact) mass is 116 g/mol. The van der Waals surface area contributed by atoms with Crippen molar-refractivity contribution in [1.82, 2.24) is 0 Å². The highest BCUT2D eigenvalue weighted by Gasteiger charge is 2.06. The number of aliphatic hydroxyl groups is 1. The van der Waals surface area contributed by atoms with E-state index in [0.717, 1.165) is 11.5 Å². The van der Waals surface area contributed by atoms with Crippen molar-refractivity contribution in [2.24, 2.45) is 0 Å². The van der Waals surface area contributed by atoms with Gasteiger partial charge in [0.25, 0.3) is 0 Å². The number of thioether (sulfide) groups is 1. The van der Waals surface area contributed by atoms with Crippen molar-refractivity contribution >= 4 is 11.8 Å². The van der Waals surface area contributed by atoms with E-state index in [2.05, 4.69) is 0 Å². The molecule has 40 valence electrons. The van der Waals surface area contributed by atoms with Gasteiger partial charge >= 0.3 is 0 Å².